The van der Waals surface area contributed by atoms with Crippen molar-refractivity contribution in [2.75, 3.05) is 18.4 Å². The standard InChI is InChI=1S/C21H23ClN2O4S/c1-14-5-7-17(29(26,27)24-9-3-2-4-10-24)13-18(14)23-21(25)20-12-15-11-16(22)6-8-19(15)28-20/h5-8,11,13,20H,2-4,9-10,12H2,1H3,(H,23,25). The molecule has 1 N–H and O–H groups in total. The summed E-state index contributed by atoms with van der Waals surface area (Å²) in [4.78, 5) is 13.0. The van der Waals surface area contributed by atoms with Gasteiger partial charge in [-0.05, 0) is 61.2 Å². The zero-order valence-electron chi connectivity index (χ0n) is 16.2. The van der Waals surface area contributed by atoms with Gasteiger partial charge in [0.05, 0.1) is 4.90 Å². The van der Waals surface area contributed by atoms with E-state index in [1.807, 2.05) is 6.92 Å². The largest absolute Gasteiger partial charge is 0.480 e. The van der Waals surface area contributed by atoms with E-state index in [9.17, 15) is 13.2 Å². The molecule has 0 radical (unpaired) electrons. The molecule has 154 valence electrons. The molecule has 1 saturated heterocycles. The number of sulfonamides is 1. The maximum absolute atomic E-state index is 12.9. The molecule has 1 unspecified atom stereocenters. The summed E-state index contributed by atoms with van der Waals surface area (Å²) >= 11 is 6.01. The summed E-state index contributed by atoms with van der Waals surface area (Å²) in [6, 6.07) is 10.1. The fourth-order valence-electron chi connectivity index (χ4n) is 3.73. The predicted molar refractivity (Wildman–Crippen MR) is 112 cm³/mol. The molecule has 1 fully saturated rings. The van der Waals surface area contributed by atoms with Crippen LogP contribution in [0.25, 0.3) is 0 Å². The number of piperidine rings is 1. The van der Waals surface area contributed by atoms with Crippen LogP contribution >= 0.6 is 11.6 Å². The molecule has 2 aliphatic rings. The predicted octanol–water partition coefficient (Wildman–Crippen LogP) is 3.77. The van der Waals surface area contributed by atoms with Crippen molar-refractivity contribution in [1.29, 1.82) is 0 Å². The van der Waals surface area contributed by atoms with Gasteiger partial charge in [-0.3, -0.25) is 4.79 Å². The molecule has 0 aliphatic carbocycles. The number of nitrogens with one attached hydrogen (secondary N) is 1. The smallest absolute Gasteiger partial charge is 0.265 e. The molecule has 29 heavy (non-hydrogen) atoms. The number of halogens is 1. The maximum atomic E-state index is 12.9. The zero-order chi connectivity index (χ0) is 20.6. The van der Waals surface area contributed by atoms with Crippen molar-refractivity contribution in [2.24, 2.45) is 0 Å². The Morgan fingerprint density at radius 2 is 1.90 bits per heavy atom. The Bertz CT molecular complexity index is 1050. The topological polar surface area (TPSA) is 75.7 Å². The third kappa shape index (κ3) is 4.13. The molecule has 2 aliphatic heterocycles. The van der Waals surface area contributed by atoms with Crippen molar-refractivity contribution < 1.29 is 17.9 Å². The molecule has 2 heterocycles. The molecule has 1 atom stereocenters. The van der Waals surface area contributed by atoms with Crippen LogP contribution in [-0.4, -0.2) is 37.8 Å². The van der Waals surface area contributed by atoms with Gasteiger partial charge >= 0.3 is 0 Å². The van der Waals surface area contributed by atoms with Gasteiger partial charge in [-0.15, -0.1) is 0 Å². The highest BCUT2D eigenvalue weighted by atomic mass is 35.5. The van der Waals surface area contributed by atoms with Crippen LogP contribution in [-0.2, 0) is 21.2 Å². The molecule has 4 rings (SSSR count). The van der Waals surface area contributed by atoms with Crippen LogP contribution in [0.5, 0.6) is 5.75 Å². The minimum absolute atomic E-state index is 0.197. The van der Waals surface area contributed by atoms with Gasteiger partial charge in [-0.25, -0.2) is 8.42 Å². The van der Waals surface area contributed by atoms with Crippen LogP contribution in [0.2, 0.25) is 5.02 Å². The van der Waals surface area contributed by atoms with E-state index in [2.05, 4.69) is 5.32 Å². The number of carbonyl (C=O) groups excluding carboxylic acids is 1. The molecular formula is C21H23ClN2O4S. The number of carbonyl (C=O) groups is 1. The summed E-state index contributed by atoms with van der Waals surface area (Å²) in [6.45, 7) is 2.90. The lowest BCUT2D eigenvalue weighted by molar-refractivity contribution is -0.122. The second-order valence-electron chi connectivity index (χ2n) is 7.49. The van der Waals surface area contributed by atoms with E-state index >= 15 is 0 Å². The molecule has 6 nitrogen and oxygen atoms in total. The number of amides is 1. The van der Waals surface area contributed by atoms with Crippen LogP contribution in [0, 0.1) is 6.92 Å². The van der Waals surface area contributed by atoms with Gasteiger partial charge in [-0.1, -0.05) is 24.1 Å². The Kier molecular flexibility index (Phi) is 5.55. The summed E-state index contributed by atoms with van der Waals surface area (Å²) in [7, 11) is -3.57. The second kappa shape index (κ2) is 7.97. The summed E-state index contributed by atoms with van der Waals surface area (Å²) in [5, 5.41) is 3.43. The number of aryl methyl sites for hydroxylation is 1. The molecule has 0 aromatic heterocycles. The Labute approximate surface area is 175 Å². The third-order valence-electron chi connectivity index (χ3n) is 5.41. The lowest BCUT2D eigenvalue weighted by Gasteiger charge is -2.26. The monoisotopic (exact) mass is 434 g/mol. The summed E-state index contributed by atoms with van der Waals surface area (Å²) in [6.07, 6.45) is 2.55. The molecule has 0 spiro atoms. The normalized spacial score (nSPS) is 19.4. The van der Waals surface area contributed by atoms with Crippen LogP contribution in [0.1, 0.15) is 30.4 Å². The van der Waals surface area contributed by atoms with E-state index in [-0.39, 0.29) is 10.8 Å². The summed E-state index contributed by atoms with van der Waals surface area (Å²) in [5.41, 5.74) is 2.15. The van der Waals surface area contributed by atoms with Gasteiger partial charge < -0.3 is 10.1 Å². The summed E-state index contributed by atoms with van der Waals surface area (Å²) in [5.74, 6) is 0.334. The Hall–Kier alpha value is -2.09. The fraction of sp³-hybridized carbons (Fsp3) is 0.381. The molecular weight excluding hydrogens is 412 g/mol. The minimum atomic E-state index is -3.57. The van der Waals surface area contributed by atoms with Crippen molar-refractivity contribution in [2.45, 2.75) is 43.6 Å². The molecule has 1 amide bonds. The number of anilines is 1. The molecule has 2 aromatic rings. The van der Waals surface area contributed by atoms with Crippen molar-refractivity contribution in [3.8, 4) is 5.75 Å². The first kappa shape index (κ1) is 20.2. The Morgan fingerprint density at radius 1 is 1.14 bits per heavy atom. The zero-order valence-corrected chi connectivity index (χ0v) is 17.7. The number of benzene rings is 2. The second-order valence-corrected chi connectivity index (χ2v) is 9.87. The van der Waals surface area contributed by atoms with Gasteiger partial charge in [0.15, 0.2) is 6.10 Å². The van der Waals surface area contributed by atoms with Crippen LogP contribution < -0.4 is 10.1 Å². The first-order chi connectivity index (χ1) is 13.8. The SMILES string of the molecule is Cc1ccc(S(=O)(=O)N2CCCCC2)cc1NC(=O)C1Cc2cc(Cl)ccc2O1. The highest BCUT2D eigenvalue weighted by molar-refractivity contribution is 7.89. The number of hydrogen-bond acceptors (Lipinski definition) is 4. The third-order valence-corrected chi connectivity index (χ3v) is 7.54. The average Bonchev–Trinajstić information content (AvgIpc) is 3.13. The van der Waals surface area contributed by atoms with E-state index in [1.165, 1.54) is 10.4 Å². The summed E-state index contributed by atoms with van der Waals surface area (Å²) < 4.78 is 33.2. The Morgan fingerprint density at radius 3 is 2.66 bits per heavy atom. The van der Waals surface area contributed by atoms with E-state index in [0.29, 0.717) is 36.0 Å². The van der Waals surface area contributed by atoms with Crippen molar-refractivity contribution >= 4 is 33.2 Å². The van der Waals surface area contributed by atoms with Crippen LogP contribution in [0.4, 0.5) is 5.69 Å². The Balaban J connectivity index is 1.52. The van der Waals surface area contributed by atoms with E-state index in [0.717, 1.165) is 30.4 Å². The highest BCUT2D eigenvalue weighted by Crippen LogP contribution is 2.32. The average molecular weight is 435 g/mol. The quantitative estimate of drug-likeness (QED) is 0.794. The molecule has 8 heteroatoms. The van der Waals surface area contributed by atoms with Gasteiger partial charge in [-0.2, -0.15) is 4.31 Å². The van der Waals surface area contributed by atoms with E-state index < -0.39 is 16.1 Å². The highest BCUT2D eigenvalue weighted by Gasteiger charge is 2.30. The van der Waals surface area contributed by atoms with E-state index in [1.54, 1.807) is 30.3 Å². The lowest BCUT2D eigenvalue weighted by atomic mass is 10.1. The lowest BCUT2D eigenvalue weighted by Crippen LogP contribution is -2.35. The van der Waals surface area contributed by atoms with Gasteiger partial charge in [0.25, 0.3) is 5.91 Å². The first-order valence-corrected chi connectivity index (χ1v) is 11.5. The fourth-order valence-corrected chi connectivity index (χ4v) is 5.47. The van der Waals surface area contributed by atoms with E-state index in [4.69, 9.17) is 16.3 Å². The number of hydrogen-bond donors (Lipinski definition) is 1. The van der Waals surface area contributed by atoms with Crippen molar-refractivity contribution in [3.63, 3.8) is 0 Å². The van der Waals surface area contributed by atoms with Crippen LogP contribution in [0.3, 0.4) is 0 Å². The van der Waals surface area contributed by atoms with Crippen molar-refractivity contribution in [1.82, 2.24) is 4.31 Å². The minimum Gasteiger partial charge on any atom is -0.480 e. The first-order valence-electron chi connectivity index (χ1n) is 9.71. The molecule has 0 saturated carbocycles. The van der Waals surface area contributed by atoms with Gasteiger partial charge in [0.2, 0.25) is 10.0 Å². The number of fused-ring (bicyclic) bond motifs is 1. The maximum Gasteiger partial charge on any atom is 0.265 e. The number of nitrogens with zero attached hydrogens (tertiary/aromatic N) is 1. The number of ether oxygens (including phenoxy) is 1. The number of rotatable bonds is 4. The molecule has 0 bridgehead atoms. The van der Waals surface area contributed by atoms with Gasteiger partial charge in [0, 0.05) is 30.2 Å². The van der Waals surface area contributed by atoms with Crippen molar-refractivity contribution in [3.05, 3.63) is 52.5 Å². The van der Waals surface area contributed by atoms with Gasteiger partial charge in [0.1, 0.15) is 5.75 Å². The molecule has 2 aromatic carbocycles. The van der Waals surface area contributed by atoms with Crippen LogP contribution in [0.15, 0.2) is 41.3 Å².